The molecule has 0 atom stereocenters. The molecule has 3 aromatic carbocycles. The molecule has 1 amide bonds. The van der Waals surface area contributed by atoms with E-state index in [1.54, 1.807) is 28.8 Å². The molecule has 216 valence electrons. The molecule has 0 radical (unpaired) electrons. The zero-order valence-electron chi connectivity index (χ0n) is 26.0. The first-order valence-electron chi connectivity index (χ1n) is 14.5. The number of aromatic nitrogens is 2. The number of benzene rings is 3. The number of fused-ring (bicyclic) bond motifs is 3. The Labute approximate surface area is 249 Å². The van der Waals surface area contributed by atoms with E-state index in [-0.39, 0.29) is 11.5 Å². The van der Waals surface area contributed by atoms with Crippen LogP contribution < -0.4 is 10.5 Å². The third-order valence-corrected chi connectivity index (χ3v) is 6.86. The highest BCUT2D eigenvalue weighted by atomic mass is 16.2. The molecule has 0 aliphatic carbocycles. The largest absolute Gasteiger partial charge is 0.312 e. The number of pyridine rings is 2. The number of rotatable bonds is 5. The minimum atomic E-state index is -0.151. The van der Waals surface area contributed by atoms with Crippen LogP contribution in [0.15, 0.2) is 107 Å². The van der Waals surface area contributed by atoms with Gasteiger partial charge in [0, 0.05) is 41.3 Å². The van der Waals surface area contributed by atoms with Crippen molar-refractivity contribution in [2.45, 2.75) is 48.5 Å². The van der Waals surface area contributed by atoms with Crippen LogP contribution in [0.4, 0.5) is 5.69 Å². The average molecular weight is 560 g/mol. The van der Waals surface area contributed by atoms with Crippen LogP contribution in [0.3, 0.4) is 0 Å². The fourth-order valence-corrected chi connectivity index (χ4v) is 4.47. The van der Waals surface area contributed by atoms with E-state index in [0.29, 0.717) is 16.9 Å². The molecule has 2 heterocycles. The maximum atomic E-state index is 13.3. The van der Waals surface area contributed by atoms with Crippen molar-refractivity contribution in [1.82, 2.24) is 9.55 Å². The number of hydrogen-bond donors (Lipinski definition) is 0. The van der Waals surface area contributed by atoms with E-state index >= 15 is 0 Å². The summed E-state index contributed by atoms with van der Waals surface area (Å²) in [6.07, 6.45) is 5.92. The number of carbonyl (C=O) groups is 1. The quantitative estimate of drug-likeness (QED) is 0.123. The lowest BCUT2D eigenvalue weighted by molar-refractivity contribution is -0.114. The van der Waals surface area contributed by atoms with Gasteiger partial charge in [-0.1, -0.05) is 87.9 Å². The van der Waals surface area contributed by atoms with Crippen LogP contribution in [-0.4, -0.2) is 22.5 Å². The Kier molecular flexibility index (Phi) is 11.1. The first kappa shape index (κ1) is 31.8. The van der Waals surface area contributed by atoms with Crippen molar-refractivity contribution >= 4 is 45.6 Å². The van der Waals surface area contributed by atoms with Crippen molar-refractivity contribution < 1.29 is 4.79 Å². The molecular weight excluding hydrogens is 518 g/mol. The number of allylic oxidation sites excluding steroid dienone is 1. The Morgan fingerprint density at radius 2 is 1.48 bits per heavy atom. The van der Waals surface area contributed by atoms with E-state index in [2.05, 4.69) is 35.3 Å². The van der Waals surface area contributed by atoms with Crippen molar-refractivity contribution in [1.29, 1.82) is 0 Å². The summed E-state index contributed by atoms with van der Waals surface area (Å²) in [4.78, 5) is 32.6. The molecule has 0 spiro atoms. The van der Waals surface area contributed by atoms with Crippen molar-refractivity contribution in [3.63, 3.8) is 0 Å². The van der Waals surface area contributed by atoms with Crippen LogP contribution in [0, 0.1) is 0 Å². The van der Waals surface area contributed by atoms with E-state index in [0.717, 1.165) is 38.5 Å². The molecule has 5 nitrogen and oxygen atoms in total. The highest BCUT2D eigenvalue weighted by Crippen LogP contribution is 2.28. The van der Waals surface area contributed by atoms with Crippen LogP contribution in [0.25, 0.3) is 39.6 Å². The van der Waals surface area contributed by atoms with Crippen molar-refractivity contribution in [3.8, 4) is 5.69 Å². The monoisotopic (exact) mass is 559 g/mol. The third-order valence-electron chi connectivity index (χ3n) is 6.86. The molecule has 42 heavy (non-hydrogen) atoms. The van der Waals surface area contributed by atoms with Crippen molar-refractivity contribution in [2.75, 3.05) is 11.9 Å². The molecule has 0 saturated carbocycles. The van der Waals surface area contributed by atoms with Crippen LogP contribution in [-0.2, 0) is 4.79 Å². The van der Waals surface area contributed by atoms with Gasteiger partial charge in [0.1, 0.15) is 0 Å². The first-order chi connectivity index (χ1) is 20.3. The maximum Gasteiger partial charge on any atom is 0.255 e. The fourth-order valence-electron chi connectivity index (χ4n) is 4.47. The Hall–Kier alpha value is -4.77. The molecule has 0 N–H and O–H groups in total. The summed E-state index contributed by atoms with van der Waals surface area (Å²) in [5.74, 6) is -0.0723. The van der Waals surface area contributed by atoms with E-state index < -0.39 is 0 Å². The van der Waals surface area contributed by atoms with Gasteiger partial charge < -0.3 is 4.90 Å². The van der Waals surface area contributed by atoms with Gasteiger partial charge in [0.2, 0.25) is 0 Å². The van der Waals surface area contributed by atoms with Crippen LogP contribution >= 0.6 is 0 Å². The topological polar surface area (TPSA) is 55.2 Å². The van der Waals surface area contributed by atoms with Crippen LogP contribution in [0.5, 0.6) is 0 Å². The minimum absolute atomic E-state index is 0.0723. The normalized spacial score (nSPS) is 10.5. The van der Waals surface area contributed by atoms with E-state index in [1.807, 2.05) is 109 Å². The summed E-state index contributed by atoms with van der Waals surface area (Å²) in [5, 5.41) is 1.74. The number of likely N-dealkylation sites (N-methyl/N-ethyl adjacent to an activating group) is 1. The summed E-state index contributed by atoms with van der Waals surface area (Å²) in [6.45, 7) is 13.7. The van der Waals surface area contributed by atoms with E-state index in [4.69, 9.17) is 0 Å². The van der Waals surface area contributed by atoms with Gasteiger partial charge in [0.15, 0.2) is 0 Å². The molecule has 0 fully saturated rings. The smallest absolute Gasteiger partial charge is 0.255 e. The second kappa shape index (κ2) is 14.7. The minimum Gasteiger partial charge on any atom is -0.312 e. The number of anilines is 1. The molecule has 2 aromatic heterocycles. The fraction of sp³-hybridized carbons (Fsp3) is 0.216. The molecule has 0 unspecified atom stereocenters. The molecule has 0 aliphatic heterocycles. The molecule has 0 aliphatic rings. The predicted octanol–water partition coefficient (Wildman–Crippen LogP) is 9.08. The van der Waals surface area contributed by atoms with Crippen molar-refractivity contribution in [3.05, 3.63) is 124 Å². The Morgan fingerprint density at radius 1 is 0.786 bits per heavy atom. The van der Waals surface area contributed by atoms with E-state index in [9.17, 15) is 9.59 Å². The summed E-state index contributed by atoms with van der Waals surface area (Å²) in [5.41, 5.74) is 6.62. The standard InChI is InChI=1S/C33H29N3O2.2C2H6/c1-22(2)23(3)33(38)35(4)27-11-8-12-28(20-27)36-31(37)18-16-26-21-34-30-17-15-25(19-29(30)32(26)36)14-13-24-9-6-5-7-10-24;2*1-2/h5-21H,1-4H3;2*1-2H3/b14-13+;;. The van der Waals surface area contributed by atoms with Gasteiger partial charge in [-0.2, -0.15) is 0 Å². The molecule has 0 saturated heterocycles. The van der Waals surface area contributed by atoms with E-state index in [1.165, 1.54) is 0 Å². The Balaban J connectivity index is 0.00000116. The highest BCUT2D eigenvalue weighted by molar-refractivity contribution is 6.06. The lowest BCUT2D eigenvalue weighted by atomic mass is 10.1. The lowest BCUT2D eigenvalue weighted by Crippen LogP contribution is -2.27. The maximum absolute atomic E-state index is 13.3. The summed E-state index contributed by atoms with van der Waals surface area (Å²) in [7, 11) is 1.75. The van der Waals surface area contributed by atoms with Gasteiger partial charge in [-0.25, -0.2) is 0 Å². The van der Waals surface area contributed by atoms with Gasteiger partial charge in [-0.05, 0) is 68.3 Å². The predicted molar refractivity (Wildman–Crippen MR) is 180 cm³/mol. The first-order valence-corrected chi connectivity index (χ1v) is 14.5. The van der Waals surface area contributed by atoms with Gasteiger partial charge in [0.05, 0.1) is 16.7 Å². The Morgan fingerprint density at radius 3 is 2.17 bits per heavy atom. The third kappa shape index (κ3) is 6.92. The Bertz CT molecular complexity index is 1790. The number of nitrogens with zero attached hydrogens (tertiary/aromatic N) is 3. The second-order valence-electron chi connectivity index (χ2n) is 9.60. The zero-order chi connectivity index (χ0) is 30.8. The van der Waals surface area contributed by atoms with Gasteiger partial charge in [0.25, 0.3) is 11.5 Å². The van der Waals surface area contributed by atoms with Crippen molar-refractivity contribution in [2.24, 2.45) is 0 Å². The van der Waals surface area contributed by atoms with Gasteiger partial charge in [-0.3, -0.25) is 19.1 Å². The molecule has 5 heteroatoms. The summed E-state index contributed by atoms with van der Waals surface area (Å²) < 4.78 is 1.71. The number of carbonyl (C=O) groups excluding carboxylic acids is 1. The number of hydrogen-bond acceptors (Lipinski definition) is 3. The zero-order valence-corrected chi connectivity index (χ0v) is 26.0. The molecule has 5 aromatic rings. The molecular formula is C37H41N3O2. The van der Waals surface area contributed by atoms with Gasteiger partial charge in [-0.15, -0.1) is 0 Å². The SMILES string of the molecule is CC.CC.CC(C)=C(C)C(=O)N(C)c1cccc(-n2c(=O)ccc3cnc4ccc(/C=C/c5ccccc5)cc4c32)c1. The van der Waals surface area contributed by atoms with Gasteiger partial charge >= 0.3 is 0 Å². The average Bonchev–Trinajstić information content (AvgIpc) is 3.04. The summed E-state index contributed by atoms with van der Waals surface area (Å²) in [6, 6.07) is 27.1. The second-order valence-corrected chi connectivity index (χ2v) is 9.60. The lowest BCUT2D eigenvalue weighted by Gasteiger charge is -2.20. The summed E-state index contributed by atoms with van der Waals surface area (Å²) >= 11 is 0. The number of amides is 1. The van der Waals surface area contributed by atoms with Crippen LogP contribution in [0.2, 0.25) is 0 Å². The molecule has 5 rings (SSSR count). The van der Waals surface area contributed by atoms with Crippen LogP contribution in [0.1, 0.15) is 59.6 Å². The highest BCUT2D eigenvalue weighted by Gasteiger charge is 2.16. The molecule has 0 bridgehead atoms.